The van der Waals surface area contributed by atoms with Crippen LogP contribution in [0.25, 0.3) is 0 Å². The highest BCUT2D eigenvalue weighted by Gasteiger charge is 2.21. The van der Waals surface area contributed by atoms with Gasteiger partial charge in [-0.25, -0.2) is 4.79 Å². The van der Waals surface area contributed by atoms with E-state index < -0.39 is 12.0 Å². The van der Waals surface area contributed by atoms with E-state index in [-0.39, 0.29) is 5.91 Å². The number of hydrogen-bond donors (Lipinski definition) is 1. The zero-order valence-electron chi connectivity index (χ0n) is 16.6. The van der Waals surface area contributed by atoms with Crippen molar-refractivity contribution in [1.82, 2.24) is 19.6 Å². The molecule has 3 aromatic rings. The summed E-state index contributed by atoms with van der Waals surface area (Å²) in [6, 6.07) is 6.62. The van der Waals surface area contributed by atoms with Crippen LogP contribution in [0.2, 0.25) is 5.02 Å². The highest BCUT2D eigenvalue weighted by atomic mass is 35.5. The second-order valence-corrected chi connectivity index (χ2v) is 7.05. The zero-order valence-corrected chi connectivity index (χ0v) is 17.4. The SMILES string of the molecule is COC(=O)c1ccccc1Cn1cc(NC(=O)C(C)n2nc(C)c(Cl)c2C)cn1. The number of ether oxygens (including phenoxy) is 1. The Kier molecular flexibility index (Phi) is 6.03. The van der Waals surface area contributed by atoms with Crippen LogP contribution in [-0.2, 0) is 16.1 Å². The number of aryl methyl sites for hydroxylation is 1. The maximum absolute atomic E-state index is 12.6. The Labute approximate surface area is 173 Å². The van der Waals surface area contributed by atoms with Crippen molar-refractivity contribution in [3.63, 3.8) is 0 Å². The van der Waals surface area contributed by atoms with E-state index in [1.807, 2.05) is 19.1 Å². The van der Waals surface area contributed by atoms with Crippen molar-refractivity contribution in [2.24, 2.45) is 0 Å². The first-order valence-electron chi connectivity index (χ1n) is 9.02. The molecule has 0 radical (unpaired) electrons. The van der Waals surface area contributed by atoms with Crippen molar-refractivity contribution < 1.29 is 14.3 Å². The molecule has 0 aliphatic carbocycles. The van der Waals surface area contributed by atoms with Crippen molar-refractivity contribution in [2.75, 3.05) is 12.4 Å². The van der Waals surface area contributed by atoms with E-state index in [4.69, 9.17) is 16.3 Å². The summed E-state index contributed by atoms with van der Waals surface area (Å²) >= 11 is 6.17. The van der Waals surface area contributed by atoms with Crippen molar-refractivity contribution >= 4 is 29.2 Å². The summed E-state index contributed by atoms with van der Waals surface area (Å²) < 4.78 is 8.06. The summed E-state index contributed by atoms with van der Waals surface area (Å²) in [6.45, 7) is 5.74. The standard InChI is InChI=1S/C20H22ClN5O3/c1-12-18(21)13(2)26(24-12)14(3)19(27)23-16-9-22-25(11-16)10-15-7-5-6-8-17(15)20(28)29-4/h5-9,11,14H,10H2,1-4H3,(H,23,27). The van der Waals surface area contributed by atoms with E-state index in [0.29, 0.717) is 28.5 Å². The highest BCUT2D eigenvalue weighted by Crippen LogP contribution is 2.23. The quantitative estimate of drug-likeness (QED) is 0.623. The number of methoxy groups -OCH3 is 1. The van der Waals surface area contributed by atoms with Crippen LogP contribution in [0.1, 0.15) is 40.3 Å². The predicted molar refractivity (Wildman–Crippen MR) is 109 cm³/mol. The van der Waals surface area contributed by atoms with Crippen LogP contribution in [-0.4, -0.2) is 38.5 Å². The van der Waals surface area contributed by atoms with Gasteiger partial charge < -0.3 is 10.1 Å². The molecule has 152 valence electrons. The Balaban J connectivity index is 1.72. The van der Waals surface area contributed by atoms with Gasteiger partial charge in [0, 0.05) is 6.20 Å². The van der Waals surface area contributed by atoms with E-state index >= 15 is 0 Å². The number of nitrogens with one attached hydrogen (secondary N) is 1. The van der Waals surface area contributed by atoms with Crippen LogP contribution < -0.4 is 5.32 Å². The molecule has 3 rings (SSSR count). The summed E-state index contributed by atoms with van der Waals surface area (Å²) in [5.74, 6) is -0.638. The fraction of sp³-hybridized carbons (Fsp3) is 0.300. The van der Waals surface area contributed by atoms with Gasteiger partial charge in [-0.2, -0.15) is 10.2 Å². The van der Waals surface area contributed by atoms with Gasteiger partial charge in [-0.15, -0.1) is 0 Å². The molecule has 0 fully saturated rings. The number of aromatic nitrogens is 4. The lowest BCUT2D eigenvalue weighted by atomic mass is 10.1. The normalized spacial score (nSPS) is 11.9. The van der Waals surface area contributed by atoms with Gasteiger partial charge in [0.2, 0.25) is 5.91 Å². The molecule has 1 amide bonds. The van der Waals surface area contributed by atoms with Gasteiger partial charge in [0.15, 0.2) is 0 Å². The molecule has 8 nitrogen and oxygen atoms in total. The minimum atomic E-state index is -0.537. The Morgan fingerprint density at radius 3 is 2.66 bits per heavy atom. The third-order valence-electron chi connectivity index (χ3n) is 4.64. The number of esters is 1. The Morgan fingerprint density at radius 1 is 1.28 bits per heavy atom. The molecule has 9 heteroatoms. The van der Waals surface area contributed by atoms with E-state index in [1.54, 1.807) is 47.7 Å². The van der Waals surface area contributed by atoms with E-state index in [9.17, 15) is 9.59 Å². The molecule has 0 bridgehead atoms. The van der Waals surface area contributed by atoms with Crippen LogP contribution in [0.4, 0.5) is 5.69 Å². The monoisotopic (exact) mass is 415 g/mol. The molecule has 1 atom stereocenters. The van der Waals surface area contributed by atoms with E-state index in [2.05, 4.69) is 15.5 Å². The van der Waals surface area contributed by atoms with Gasteiger partial charge in [-0.1, -0.05) is 29.8 Å². The fourth-order valence-corrected chi connectivity index (χ4v) is 3.16. The average Bonchev–Trinajstić information content (AvgIpc) is 3.26. The Morgan fingerprint density at radius 2 is 2.00 bits per heavy atom. The van der Waals surface area contributed by atoms with Crippen LogP contribution in [0.15, 0.2) is 36.7 Å². The lowest BCUT2D eigenvalue weighted by Crippen LogP contribution is -2.25. The molecule has 0 saturated heterocycles. The molecule has 0 saturated carbocycles. The maximum Gasteiger partial charge on any atom is 0.338 e. The third kappa shape index (κ3) is 4.32. The number of nitrogens with zero attached hydrogens (tertiary/aromatic N) is 4. The lowest BCUT2D eigenvalue weighted by molar-refractivity contribution is -0.119. The van der Waals surface area contributed by atoms with E-state index in [0.717, 1.165) is 11.3 Å². The molecular weight excluding hydrogens is 394 g/mol. The largest absolute Gasteiger partial charge is 0.465 e. The van der Waals surface area contributed by atoms with Crippen molar-refractivity contribution in [1.29, 1.82) is 0 Å². The second kappa shape index (κ2) is 8.48. The van der Waals surface area contributed by atoms with Crippen LogP contribution in [0.3, 0.4) is 0 Å². The molecule has 2 aromatic heterocycles. The summed E-state index contributed by atoms with van der Waals surface area (Å²) in [5.41, 5.74) is 3.21. The number of anilines is 1. The lowest BCUT2D eigenvalue weighted by Gasteiger charge is -2.13. The predicted octanol–water partition coefficient (Wildman–Crippen LogP) is 3.38. The average molecular weight is 416 g/mol. The topological polar surface area (TPSA) is 91.0 Å². The van der Waals surface area contributed by atoms with Crippen molar-refractivity contribution in [2.45, 2.75) is 33.4 Å². The van der Waals surface area contributed by atoms with Crippen LogP contribution >= 0.6 is 11.6 Å². The number of carbonyl (C=O) groups is 2. The smallest absolute Gasteiger partial charge is 0.338 e. The van der Waals surface area contributed by atoms with Gasteiger partial charge in [0.05, 0.1) is 47.5 Å². The Hall–Kier alpha value is -3.13. The first kappa shape index (κ1) is 20.6. The third-order valence-corrected chi connectivity index (χ3v) is 5.19. The van der Waals surface area contributed by atoms with Gasteiger partial charge in [-0.05, 0) is 32.4 Å². The van der Waals surface area contributed by atoms with Crippen LogP contribution in [0.5, 0.6) is 0 Å². The molecule has 1 aromatic carbocycles. The minimum Gasteiger partial charge on any atom is -0.465 e. The highest BCUT2D eigenvalue weighted by molar-refractivity contribution is 6.31. The molecular formula is C20H22ClN5O3. The first-order valence-corrected chi connectivity index (χ1v) is 9.40. The molecule has 2 heterocycles. The van der Waals surface area contributed by atoms with Crippen LogP contribution in [0, 0.1) is 13.8 Å². The summed E-state index contributed by atoms with van der Waals surface area (Å²) in [7, 11) is 1.35. The molecule has 0 aliphatic rings. The van der Waals surface area contributed by atoms with Gasteiger partial charge >= 0.3 is 5.97 Å². The maximum atomic E-state index is 12.6. The zero-order chi connectivity index (χ0) is 21.1. The minimum absolute atomic E-state index is 0.234. The second-order valence-electron chi connectivity index (χ2n) is 6.67. The molecule has 29 heavy (non-hydrogen) atoms. The Bertz CT molecular complexity index is 1060. The van der Waals surface area contributed by atoms with E-state index in [1.165, 1.54) is 7.11 Å². The number of carbonyl (C=O) groups excluding carboxylic acids is 2. The molecule has 1 unspecified atom stereocenters. The molecule has 0 aliphatic heterocycles. The summed E-state index contributed by atoms with van der Waals surface area (Å²) in [5, 5.41) is 12.0. The van der Waals surface area contributed by atoms with Crippen molar-refractivity contribution in [3.8, 4) is 0 Å². The summed E-state index contributed by atoms with van der Waals surface area (Å²) in [6.07, 6.45) is 3.26. The van der Waals surface area contributed by atoms with Gasteiger partial charge in [0.1, 0.15) is 6.04 Å². The first-order chi connectivity index (χ1) is 13.8. The van der Waals surface area contributed by atoms with Gasteiger partial charge in [-0.3, -0.25) is 14.2 Å². The molecule has 0 spiro atoms. The molecule has 1 N–H and O–H groups in total. The number of halogens is 1. The number of amides is 1. The van der Waals surface area contributed by atoms with Crippen molar-refractivity contribution in [3.05, 3.63) is 64.2 Å². The fourth-order valence-electron chi connectivity index (χ4n) is 3.03. The number of benzene rings is 1. The van der Waals surface area contributed by atoms with Gasteiger partial charge in [0.25, 0.3) is 0 Å². The number of rotatable bonds is 6. The summed E-state index contributed by atoms with van der Waals surface area (Å²) in [4.78, 5) is 24.5. The number of hydrogen-bond acceptors (Lipinski definition) is 5.